The summed E-state index contributed by atoms with van der Waals surface area (Å²) in [7, 11) is 0. The third-order valence-corrected chi connectivity index (χ3v) is 5.26. The molecule has 0 saturated carbocycles. The predicted octanol–water partition coefficient (Wildman–Crippen LogP) is 5.41. The van der Waals surface area contributed by atoms with Gasteiger partial charge in [-0.3, -0.25) is 14.9 Å². The topological polar surface area (TPSA) is 55.4 Å². The normalized spacial score (nSPS) is 16.4. The molecule has 0 radical (unpaired) electrons. The predicted molar refractivity (Wildman–Crippen MR) is 109 cm³/mol. The summed E-state index contributed by atoms with van der Waals surface area (Å²) in [5.74, 6) is 0.603. The minimum absolute atomic E-state index is 0.00541. The number of amides is 2. The quantitative estimate of drug-likeness (QED) is 0.491. The van der Waals surface area contributed by atoms with E-state index in [2.05, 4.69) is 36.5 Å². The van der Waals surface area contributed by atoms with Crippen LogP contribution in [0.15, 0.2) is 65.6 Å². The van der Waals surface area contributed by atoms with Crippen molar-refractivity contribution in [2.45, 2.75) is 38.7 Å². The Kier molecular flexibility index (Phi) is 6.71. The van der Waals surface area contributed by atoms with E-state index >= 15 is 0 Å². The van der Waals surface area contributed by atoms with Crippen LogP contribution >= 0.6 is 11.8 Å². The van der Waals surface area contributed by atoms with Gasteiger partial charge >= 0.3 is 0 Å². The molecule has 0 bridgehead atoms. The van der Waals surface area contributed by atoms with Crippen molar-refractivity contribution in [1.82, 2.24) is 5.32 Å². The summed E-state index contributed by atoms with van der Waals surface area (Å²) in [6.07, 6.45) is 5.70. The molecule has 1 unspecified atom stereocenters. The van der Waals surface area contributed by atoms with Crippen LogP contribution in [0.2, 0.25) is 0 Å². The molecule has 2 aromatic rings. The number of aryl methyl sites for hydroxylation is 1. The van der Waals surface area contributed by atoms with E-state index in [9.17, 15) is 9.59 Å². The lowest BCUT2D eigenvalue weighted by molar-refractivity contribution is -0.115. The molecule has 1 N–H and O–H groups in total. The second-order valence-corrected chi connectivity index (χ2v) is 7.49. The van der Waals surface area contributed by atoms with Crippen LogP contribution in [0.5, 0.6) is 5.75 Å². The molecule has 2 amide bonds. The van der Waals surface area contributed by atoms with Crippen LogP contribution in [0.1, 0.15) is 43.4 Å². The highest BCUT2D eigenvalue weighted by molar-refractivity contribution is 8.18. The fraction of sp³-hybridized carbons (Fsp3) is 0.273. The fourth-order valence-corrected chi connectivity index (χ4v) is 3.58. The molecule has 1 heterocycles. The second kappa shape index (κ2) is 9.42. The van der Waals surface area contributed by atoms with Crippen LogP contribution in [0.4, 0.5) is 4.79 Å². The maximum atomic E-state index is 11.4. The molecule has 1 aliphatic rings. The van der Waals surface area contributed by atoms with E-state index in [4.69, 9.17) is 4.74 Å². The molecule has 1 aliphatic heterocycles. The first-order valence-electron chi connectivity index (χ1n) is 9.15. The first-order valence-corrected chi connectivity index (χ1v) is 9.97. The SMILES string of the molecule is CC(Oc1ccccc1)c1ccc(CCCC/C=C2\SC(=O)NC2=O)cc1. The fourth-order valence-electron chi connectivity index (χ4n) is 2.89. The largest absolute Gasteiger partial charge is 0.486 e. The van der Waals surface area contributed by atoms with E-state index in [0.717, 1.165) is 48.8 Å². The van der Waals surface area contributed by atoms with E-state index in [1.54, 1.807) is 0 Å². The number of ether oxygens (including phenoxy) is 1. The lowest BCUT2D eigenvalue weighted by Crippen LogP contribution is -2.17. The number of thioether (sulfide) groups is 1. The number of hydrogen-bond acceptors (Lipinski definition) is 4. The third kappa shape index (κ3) is 5.73. The van der Waals surface area contributed by atoms with Gasteiger partial charge in [-0.1, -0.05) is 48.5 Å². The number of unbranched alkanes of at least 4 members (excludes halogenated alkanes) is 2. The Labute approximate surface area is 164 Å². The molecular weight excluding hydrogens is 358 g/mol. The molecule has 140 valence electrons. The molecule has 2 aromatic carbocycles. The Morgan fingerprint density at radius 3 is 2.44 bits per heavy atom. The Hall–Kier alpha value is -2.53. The van der Waals surface area contributed by atoms with Crippen LogP contribution in [0, 0.1) is 0 Å². The molecule has 4 nitrogen and oxygen atoms in total. The highest BCUT2D eigenvalue weighted by atomic mass is 32.2. The number of carbonyl (C=O) groups excluding carboxylic acids is 2. The third-order valence-electron chi connectivity index (χ3n) is 4.40. The maximum Gasteiger partial charge on any atom is 0.290 e. The van der Waals surface area contributed by atoms with Gasteiger partial charge in [0.2, 0.25) is 0 Å². The number of imide groups is 1. The Morgan fingerprint density at radius 2 is 1.78 bits per heavy atom. The van der Waals surface area contributed by atoms with Crippen molar-refractivity contribution >= 4 is 22.9 Å². The number of carbonyl (C=O) groups is 2. The van der Waals surface area contributed by atoms with E-state index < -0.39 is 0 Å². The number of para-hydroxylation sites is 1. The second-order valence-electron chi connectivity index (χ2n) is 6.47. The molecule has 3 rings (SSSR count). The Balaban J connectivity index is 1.42. The zero-order chi connectivity index (χ0) is 19.1. The Morgan fingerprint density at radius 1 is 1.04 bits per heavy atom. The van der Waals surface area contributed by atoms with Gasteiger partial charge in [0, 0.05) is 0 Å². The van der Waals surface area contributed by atoms with Gasteiger partial charge in [0.05, 0.1) is 4.91 Å². The zero-order valence-electron chi connectivity index (χ0n) is 15.3. The van der Waals surface area contributed by atoms with Crippen molar-refractivity contribution in [3.63, 3.8) is 0 Å². The van der Waals surface area contributed by atoms with E-state index in [-0.39, 0.29) is 17.3 Å². The van der Waals surface area contributed by atoms with Gasteiger partial charge in [-0.25, -0.2) is 0 Å². The van der Waals surface area contributed by atoms with Crippen molar-refractivity contribution in [2.75, 3.05) is 0 Å². The molecule has 0 spiro atoms. The van der Waals surface area contributed by atoms with E-state index in [0.29, 0.717) is 4.91 Å². The summed E-state index contributed by atoms with van der Waals surface area (Å²) in [6, 6.07) is 18.4. The molecule has 0 aliphatic carbocycles. The average Bonchev–Trinajstić information content (AvgIpc) is 3.00. The highest BCUT2D eigenvalue weighted by Gasteiger charge is 2.24. The van der Waals surface area contributed by atoms with E-state index in [1.165, 1.54) is 5.56 Å². The number of hydrogen-bond donors (Lipinski definition) is 1. The van der Waals surface area contributed by atoms with Gasteiger partial charge in [-0.05, 0) is 67.6 Å². The summed E-state index contributed by atoms with van der Waals surface area (Å²) in [5.41, 5.74) is 2.45. The van der Waals surface area contributed by atoms with Crippen LogP contribution in [0.3, 0.4) is 0 Å². The molecule has 1 saturated heterocycles. The lowest BCUT2D eigenvalue weighted by atomic mass is 10.0. The minimum Gasteiger partial charge on any atom is -0.486 e. The van der Waals surface area contributed by atoms with Gasteiger partial charge in [0.15, 0.2) is 0 Å². The van der Waals surface area contributed by atoms with Crippen molar-refractivity contribution in [1.29, 1.82) is 0 Å². The molecule has 5 heteroatoms. The molecule has 0 aromatic heterocycles. The van der Waals surface area contributed by atoms with Crippen LogP contribution in [-0.2, 0) is 11.2 Å². The summed E-state index contributed by atoms with van der Waals surface area (Å²) in [5, 5.41) is 1.99. The number of allylic oxidation sites excluding steroid dienone is 1. The van der Waals surface area contributed by atoms with Gasteiger partial charge < -0.3 is 4.74 Å². The van der Waals surface area contributed by atoms with Crippen LogP contribution in [-0.4, -0.2) is 11.1 Å². The zero-order valence-corrected chi connectivity index (χ0v) is 16.1. The van der Waals surface area contributed by atoms with Gasteiger partial charge in [-0.15, -0.1) is 0 Å². The monoisotopic (exact) mass is 381 g/mol. The van der Waals surface area contributed by atoms with Crippen molar-refractivity contribution < 1.29 is 14.3 Å². The van der Waals surface area contributed by atoms with Crippen molar-refractivity contribution in [3.05, 3.63) is 76.7 Å². The number of nitrogens with one attached hydrogen (secondary N) is 1. The maximum absolute atomic E-state index is 11.4. The first-order chi connectivity index (χ1) is 13.1. The molecule has 1 atom stereocenters. The smallest absolute Gasteiger partial charge is 0.290 e. The minimum atomic E-state index is -0.281. The molecular formula is C22H23NO3S. The van der Waals surface area contributed by atoms with Gasteiger partial charge in [0.25, 0.3) is 11.1 Å². The number of benzene rings is 2. The Bertz CT molecular complexity index is 815. The van der Waals surface area contributed by atoms with Crippen LogP contribution < -0.4 is 10.1 Å². The first kappa shape index (κ1) is 19.2. The van der Waals surface area contributed by atoms with E-state index in [1.807, 2.05) is 36.4 Å². The summed E-state index contributed by atoms with van der Waals surface area (Å²) in [4.78, 5) is 23.1. The van der Waals surface area contributed by atoms with Crippen molar-refractivity contribution in [2.24, 2.45) is 0 Å². The molecule has 1 fully saturated rings. The van der Waals surface area contributed by atoms with Gasteiger partial charge in [0.1, 0.15) is 11.9 Å². The summed E-state index contributed by atoms with van der Waals surface area (Å²) < 4.78 is 5.95. The number of rotatable bonds is 8. The van der Waals surface area contributed by atoms with Crippen LogP contribution in [0.25, 0.3) is 0 Å². The van der Waals surface area contributed by atoms with Gasteiger partial charge in [-0.2, -0.15) is 0 Å². The highest BCUT2D eigenvalue weighted by Crippen LogP contribution is 2.24. The summed E-state index contributed by atoms with van der Waals surface area (Å²) in [6.45, 7) is 2.05. The summed E-state index contributed by atoms with van der Waals surface area (Å²) >= 11 is 0.982. The standard InChI is InChI=1S/C22H23NO3S/c1-16(26-19-9-5-3-6-10-19)18-14-12-17(13-15-18)8-4-2-7-11-20-21(24)23-22(25)27-20/h3,5-6,9-16H,2,4,7-8H2,1H3,(H,23,24,25)/b20-11-. The average molecular weight is 381 g/mol. The lowest BCUT2D eigenvalue weighted by Gasteiger charge is -2.15. The molecule has 27 heavy (non-hydrogen) atoms. The van der Waals surface area contributed by atoms with Crippen molar-refractivity contribution in [3.8, 4) is 5.75 Å².